The molecule has 0 N–H and O–H groups in total. The summed E-state index contributed by atoms with van der Waals surface area (Å²) in [7, 11) is 2.14. The lowest BCUT2D eigenvalue weighted by Crippen LogP contribution is -2.44. The molecule has 8 nitrogen and oxygen atoms in total. The van der Waals surface area contributed by atoms with Crippen molar-refractivity contribution >= 4 is 29.8 Å². The molecule has 0 saturated carbocycles. The van der Waals surface area contributed by atoms with Gasteiger partial charge in [0.2, 0.25) is 0 Å². The molecule has 3 amide bonds. The predicted octanol–water partition coefficient (Wildman–Crippen LogP) is 3.23. The fourth-order valence-electron chi connectivity index (χ4n) is 3.83. The standard InChI is InChI=1S/C23H28ClN5O3/c1-26-12-14-27(15-13-26)10-2-3-11-28-22(30)17-29(23(28)31)25-16-20-8-9-21(32-20)18-4-6-19(24)7-5-18/h4-9,16H,2-3,10-15,17H2,1H3. The van der Waals surface area contributed by atoms with E-state index in [1.807, 2.05) is 18.2 Å². The van der Waals surface area contributed by atoms with E-state index in [1.54, 1.807) is 18.2 Å². The number of rotatable bonds is 8. The number of halogens is 1. The van der Waals surface area contributed by atoms with Crippen molar-refractivity contribution in [3.8, 4) is 11.3 Å². The van der Waals surface area contributed by atoms with Gasteiger partial charge in [-0.05, 0) is 62.8 Å². The topological polar surface area (TPSA) is 72.6 Å². The molecule has 9 heteroatoms. The molecule has 0 aliphatic carbocycles. The highest BCUT2D eigenvalue weighted by Gasteiger charge is 2.35. The number of nitrogens with zero attached hydrogens (tertiary/aromatic N) is 5. The summed E-state index contributed by atoms with van der Waals surface area (Å²) in [5.74, 6) is 0.961. The first-order valence-electron chi connectivity index (χ1n) is 10.9. The Bertz CT molecular complexity index is 966. The second kappa shape index (κ2) is 10.3. The first kappa shape index (κ1) is 22.5. The molecule has 0 bridgehead atoms. The van der Waals surface area contributed by atoms with Crippen LogP contribution < -0.4 is 0 Å². The van der Waals surface area contributed by atoms with Crippen LogP contribution in [-0.2, 0) is 4.79 Å². The van der Waals surface area contributed by atoms with Crippen LogP contribution >= 0.6 is 11.6 Å². The summed E-state index contributed by atoms with van der Waals surface area (Å²) in [6, 6.07) is 10.5. The highest BCUT2D eigenvalue weighted by atomic mass is 35.5. The van der Waals surface area contributed by atoms with Crippen LogP contribution in [0.1, 0.15) is 18.6 Å². The summed E-state index contributed by atoms with van der Waals surface area (Å²) in [5, 5.41) is 6.02. The van der Waals surface area contributed by atoms with E-state index in [4.69, 9.17) is 16.0 Å². The van der Waals surface area contributed by atoms with E-state index in [9.17, 15) is 9.59 Å². The molecule has 170 valence electrons. The van der Waals surface area contributed by atoms with E-state index in [-0.39, 0.29) is 18.5 Å². The summed E-state index contributed by atoms with van der Waals surface area (Å²) in [6.07, 6.45) is 3.22. The van der Waals surface area contributed by atoms with Crippen LogP contribution in [0, 0.1) is 0 Å². The largest absolute Gasteiger partial charge is 0.455 e. The normalized spacial score (nSPS) is 18.4. The van der Waals surface area contributed by atoms with Gasteiger partial charge in [-0.3, -0.25) is 9.69 Å². The van der Waals surface area contributed by atoms with Gasteiger partial charge in [0.1, 0.15) is 18.1 Å². The van der Waals surface area contributed by atoms with Crippen molar-refractivity contribution in [2.24, 2.45) is 5.10 Å². The summed E-state index contributed by atoms with van der Waals surface area (Å²) in [4.78, 5) is 30.9. The zero-order valence-corrected chi connectivity index (χ0v) is 19.0. The van der Waals surface area contributed by atoms with E-state index in [2.05, 4.69) is 21.9 Å². The number of amides is 3. The second-order valence-electron chi connectivity index (χ2n) is 8.19. The third kappa shape index (κ3) is 5.56. The molecule has 0 atom stereocenters. The predicted molar refractivity (Wildman–Crippen MR) is 124 cm³/mol. The molecule has 0 unspecified atom stereocenters. The number of hydrogen-bond acceptors (Lipinski definition) is 6. The third-order valence-electron chi connectivity index (χ3n) is 5.82. The Morgan fingerprint density at radius 2 is 1.72 bits per heavy atom. The quantitative estimate of drug-likeness (QED) is 0.346. The summed E-state index contributed by atoms with van der Waals surface area (Å²) in [6.45, 7) is 5.72. The van der Waals surface area contributed by atoms with Crippen LogP contribution in [0.2, 0.25) is 5.02 Å². The van der Waals surface area contributed by atoms with Gasteiger partial charge < -0.3 is 14.2 Å². The molecule has 2 aromatic rings. The van der Waals surface area contributed by atoms with Crippen molar-refractivity contribution in [2.45, 2.75) is 12.8 Å². The van der Waals surface area contributed by atoms with Gasteiger partial charge in [0.25, 0.3) is 5.91 Å². The van der Waals surface area contributed by atoms with Gasteiger partial charge in [-0.1, -0.05) is 11.6 Å². The minimum absolute atomic E-state index is 0.0431. The molecule has 4 rings (SSSR count). The van der Waals surface area contributed by atoms with Crippen LogP contribution in [-0.4, -0.2) is 90.7 Å². The van der Waals surface area contributed by atoms with E-state index in [0.717, 1.165) is 51.1 Å². The molecule has 2 saturated heterocycles. The minimum atomic E-state index is -0.379. The van der Waals surface area contributed by atoms with Crippen molar-refractivity contribution in [3.63, 3.8) is 0 Å². The SMILES string of the molecule is CN1CCN(CCCCN2C(=O)CN(N=Cc3ccc(-c4ccc(Cl)cc4)o3)C2=O)CC1. The maximum Gasteiger partial charge on any atom is 0.347 e. The lowest BCUT2D eigenvalue weighted by molar-refractivity contribution is -0.125. The highest BCUT2D eigenvalue weighted by Crippen LogP contribution is 2.23. The van der Waals surface area contributed by atoms with Gasteiger partial charge in [0.05, 0.1) is 6.21 Å². The number of unbranched alkanes of at least 4 members (excludes halogenated alkanes) is 1. The summed E-state index contributed by atoms with van der Waals surface area (Å²) in [5.41, 5.74) is 0.893. The fourth-order valence-corrected chi connectivity index (χ4v) is 3.96. The molecule has 0 spiro atoms. The van der Waals surface area contributed by atoms with E-state index < -0.39 is 0 Å². The molecule has 1 aromatic carbocycles. The third-order valence-corrected chi connectivity index (χ3v) is 6.07. The van der Waals surface area contributed by atoms with Crippen molar-refractivity contribution in [2.75, 3.05) is 52.9 Å². The number of carbonyl (C=O) groups is 2. The zero-order chi connectivity index (χ0) is 22.5. The number of carbonyl (C=O) groups excluding carboxylic acids is 2. The molecular weight excluding hydrogens is 430 g/mol. The minimum Gasteiger partial charge on any atom is -0.455 e. The van der Waals surface area contributed by atoms with Gasteiger partial charge in [-0.15, -0.1) is 0 Å². The Morgan fingerprint density at radius 1 is 1.00 bits per heavy atom. The van der Waals surface area contributed by atoms with Crippen molar-refractivity contribution < 1.29 is 14.0 Å². The Kier molecular flexibility index (Phi) is 7.24. The van der Waals surface area contributed by atoms with Gasteiger partial charge >= 0.3 is 6.03 Å². The summed E-state index contributed by atoms with van der Waals surface area (Å²) < 4.78 is 5.77. The molecular formula is C23H28ClN5O3. The molecule has 2 fully saturated rings. The number of benzene rings is 1. The van der Waals surface area contributed by atoms with E-state index in [0.29, 0.717) is 23.1 Å². The molecule has 0 radical (unpaired) electrons. The van der Waals surface area contributed by atoms with Gasteiger partial charge in [-0.25, -0.2) is 9.80 Å². The number of piperazine rings is 1. The van der Waals surface area contributed by atoms with E-state index >= 15 is 0 Å². The first-order chi connectivity index (χ1) is 15.5. The van der Waals surface area contributed by atoms with Crippen LogP contribution in [0.3, 0.4) is 0 Å². The van der Waals surface area contributed by atoms with Crippen molar-refractivity contribution in [1.82, 2.24) is 19.7 Å². The Balaban J connectivity index is 1.25. The van der Waals surface area contributed by atoms with Crippen molar-refractivity contribution in [1.29, 1.82) is 0 Å². The van der Waals surface area contributed by atoms with Gasteiger partial charge in [0.15, 0.2) is 0 Å². The Morgan fingerprint density at radius 3 is 2.47 bits per heavy atom. The second-order valence-corrected chi connectivity index (χ2v) is 8.63. The Labute approximate surface area is 193 Å². The number of urea groups is 1. The lowest BCUT2D eigenvalue weighted by Gasteiger charge is -2.32. The average molecular weight is 458 g/mol. The number of imide groups is 1. The number of furan rings is 1. The van der Waals surface area contributed by atoms with Crippen LogP contribution in [0.4, 0.5) is 4.79 Å². The Hall–Kier alpha value is -2.68. The molecule has 32 heavy (non-hydrogen) atoms. The molecule has 1 aromatic heterocycles. The number of hydrogen-bond donors (Lipinski definition) is 0. The van der Waals surface area contributed by atoms with Gasteiger partial charge in [0, 0.05) is 43.3 Å². The van der Waals surface area contributed by atoms with E-state index in [1.165, 1.54) is 16.1 Å². The summed E-state index contributed by atoms with van der Waals surface area (Å²) >= 11 is 5.92. The zero-order valence-electron chi connectivity index (χ0n) is 18.2. The smallest absolute Gasteiger partial charge is 0.347 e. The maximum atomic E-state index is 12.6. The van der Waals surface area contributed by atoms with Crippen LogP contribution in [0.5, 0.6) is 0 Å². The average Bonchev–Trinajstić information content (AvgIpc) is 3.36. The van der Waals surface area contributed by atoms with Gasteiger partial charge in [-0.2, -0.15) is 5.10 Å². The fraction of sp³-hybridized carbons (Fsp3) is 0.435. The van der Waals surface area contributed by atoms with Crippen LogP contribution in [0.15, 0.2) is 45.9 Å². The molecule has 2 aliphatic heterocycles. The lowest BCUT2D eigenvalue weighted by atomic mass is 10.2. The monoisotopic (exact) mass is 457 g/mol. The number of likely N-dealkylation sites (N-methyl/N-ethyl adjacent to an activating group) is 1. The van der Waals surface area contributed by atoms with Crippen LogP contribution in [0.25, 0.3) is 11.3 Å². The van der Waals surface area contributed by atoms with Crippen molar-refractivity contribution in [3.05, 3.63) is 47.2 Å². The number of hydrazone groups is 1. The molecule has 2 aliphatic rings. The highest BCUT2D eigenvalue weighted by molar-refractivity contribution is 6.30. The molecule has 3 heterocycles. The first-order valence-corrected chi connectivity index (χ1v) is 11.3. The maximum absolute atomic E-state index is 12.6.